The van der Waals surface area contributed by atoms with Crippen molar-refractivity contribution in [3.63, 3.8) is 0 Å². The van der Waals surface area contributed by atoms with Crippen LogP contribution in [0, 0.1) is 0 Å². The van der Waals surface area contributed by atoms with Crippen LogP contribution in [0.1, 0.15) is 22.6 Å². The summed E-state index contributed by atoms with van der Waals surface area (Å²) in [4.78, 5) is 14.9. The first kappa shape index (κ1) is 18.0. The van der Waals surface area contributed by atoms with Crippen LogP contribution in [0.5, 0.6) is 0 Å². The van der Waals surface area contributed by atoms with Crippen LogP contribution in [0.25, 0.3) is 5.69 Å². The summed E-state index contributed by atoms with van der Waals surface area (Å²) >= 11 is 8.19. The maximum Gasteiger partial charge on any atom is 0.409 e. The molecule has 2 heterocycles. The Balaban J connectivity index is 1.90. The summed E-state index contributed by atoms with van der Waals surface area (Å²) in [5.74, 6) is 0. The van der Waals surface area contributed by atoms with Crippen LogP contribution in [0.2, 0.25) is 5.02 Å². The maximum atomic E-state index is 12.4. The summed E-state index contributed by atoms with van der Waals surface area (Å²) in [6.45, 7) is 0. The third-order valence-corrected chi connectivity index (χ3v) is 6.38. The highest BCUT2D eigenvalue weighted by molar-refractivity contribution is 7.99. The molecule has 0 bridgehead atoms. The van der Waals surface area contributed by atoms with Gasteiger partial charge in [-0.05, 0) is 29.8 Å². The van der Waals surface area contributed by atoms with Crippen molar-refractivity contribution in [1.82, 2.24) is 9.47 Å². The molecule has 0 saturated carbocycles. The van der Waals surface area contributed by atoms with Gasteiger partial charge in [0.25, 0.3) is 0 Å². The average Bonchev–Trinajstić information content (AvgIpc) is 3.10. The van der Waals surface area contributed by atoms with E-state index in [-0.39, 0.29) is 11.3 Å². The van der Waals surface area contributed by atoms with Gasteiger partial charge < -0.3 is 14.2 Å². The number of carbonyl (C=O) groups excluding carboxylic acids is 1. The van der Waals surface area contributed by atoms with Gasteiger partial charge in [-0.3, -0.25) is 0 Å². The van der Waals surface area contributed by atoms with E-state index in [1.807, 2.05) is 54.7 Å². The molecule has 0 radical (unpaired) electrons. The highest BCUT2D eigenvalue weighted by Crippen LogP contribution is 2.52. The third kappa shape index (κ3) is 3.33. The predicted octanol–water partition coefficient (Wildman–Crippen LogP) is 5.72. The molecule has 2 atom stereocenters. The van der Waals surface area contributed by atoms with E-state index in [1.54, 1.807) is 25.9 Å². The van der Waals surface area contributed by atoms with Crippen LogP contribution >= 0.6 is 23.4 Å². The number of benzene rings is 2. The van der Waals surface area contributed by atoms with Gasteiger partial charge in [0.2, 0.25) is 0 Å². The lowest BCUT2D eigenvalue weighted by atomic mass is 10.0. The lowest BCUT2D eigenvalue weighted by Gasteiger charge is -2.27. The lowest BCUT2D eigenvalue weighted by molar-refractivity contribution is 0.0704. The van der Waals surface area contributed by atoms with Crippen molar-refractivity contribution in [2.45, 2.75) is 16.2 Å². The van der Waals surface area contributed by atoms with E-state index in [4.69, 9.17) is 16.3 Å². The first-order valence-corrected chi connectivity index (χ1v) is 9.87. The smallest absolute Gasteiger partial charge is 0.409 e. The number of aromatic nitrogens is 1. The minimum Gasteiger partial charge on any atom is -0.438 e. The van der Waals surface area contributed by atoms with Gasteiger partial charge in [0.1, 0.15) is 0 Å². The molecule has 0 saturated heterocycles. The van der Waals surface area contributed by atoms with Gasteiger partial charge >= 0.3 is 6.09 Å². The van der Waals surface area contributed by atoms with Gasteiger partial charge in [0.05, 0.1) is 26.5 Å². The van der Waals surface area contributed by atoms with E-state index in [2.05, 4.69) is 16.7 Å². The van der Waals surface area contributed by atoms with E-state index in [0.717, 1.165) is 21.8 Å². The Hall–Kier alpha value is -2.37. The SMILES string of the molecule is CN(C)C(=O)OC1c2cccn2-c2cccc(Cl)c2SC1c1ccccc1. The topological polar surface area (TPSA) is 34.5 Å². The molecule has 0 aliphatic carbocycles. The summed E-state index contributed by atoms with van der Waals surface area (Å²) < 4.78 is 8.02. The first-order chi connectivity index (χ1) is 13.1. The van der Waals surface area contributed by atoms with Gasteiger partial charge in [0.15, 0.2) is 6.10 Å². The number of hydrogen-bond acceptors (Lipinski definition) is 3. The molecule has 1 aromatic heterocycles. The minimum absolute atomic E-state index is 0.120. The summed E-state index contributed by atoms with van der Waals surface area (Å²) in [6, 6.07) is 19.9. The molecule has 6 heteroatoms. The van der Waals surface area contributed by atoms with Gasteiger partial charge in [-0.1, -0.05) is 48.0 Å². The predicted molar refractivity (Wildman–Crippen MR) is 109 cm³/mol. The van der Waals surface area contributed by atoms with Crippen LogP contribution < -0.4 is 0 Å². The fourth-order valence-electron chi connectivity index (χ4n) is 3.21. The number of thioether (sulfide) groups is 1. The Bertz CT molecular complexity index is 971. The fraction of sp³-hybridized carbons (Fsp3) is 0.190. The minimum atomic E-state index is -0.453. The zero-order chi connectivity index (χ0) is 19.0. The van der Waals surface area contributed by atoms with Crippen molar-refractivity contribution in [3.8, 4) is 5.69 Å². The molecule has 27 heavy (non-hydrogen) atoms. The normalized spacial score (nSPS) is 18.2. The first-order valence-electron chi connectivity index (χ1n) is 8.62. The Labute approximate surface area is 167 Å². The Morgan fingerprint density at radius 1 is 1.07 bits per heavy atom. The summed E-state index contributed by atoms with van der Waals surface area (Å²) in [6.07, 6.45) is 1.16. The molecule has 0 spiro atoms. The number of nitrogens with zero attached hydrogens (tertiary/aromatic N) is 2. The molecule has 1 aliphatic heterocycles. The highest BCUT2D eigenvalue weighted by Gasteiger charge is 2.36. The van der Waals surface area contributed by atoms with Crippen molar-refractivity contribution in [3.05, 3.63) is 83.1 Å². The zero-order valence-electron chi connectivity index (χ0n) is 15.0. The number of rotatable bonds is 2. The number of amides is 1. The molecule has 0 fully saturated rings. The second-order valence-corrected chi connectivity index (χ2v) is 8.10. The largest absolute Gasteiger partial charge is 0.438 e. The number of halogens is 1. The summed E-state index contributed by atoms with van der Waals surface area (Å²) in [5, 5.41) is 0.572. The van der Waals surface area contributed by atoms with E-state index in [9.17, 15) is 4.79 Å². The molecule has 4 nitrogen and oxygen atoms in total. The Morgan fingerprint density at radius 2 is 1.85 bits per heavy atom. The fourth-order valence-corrected chi connectivity index (χ4v) is 4.85. The van der Waals surface area contributed by atoms with Crippen LogP contribution in [0.4, 0.5) is 4.79 Å². The highest BCUT2D eigenvalue weighted by atomic mass is 35.5. The Morgan fingerprint density at radius 3 is 2.59 bits per heavy atom. The third-order valence-electron chi connectivity index (χ3n) is 4.52. The molecule has 1 aliphatic rings. The van der Waals surface area contributed by atoms with Crippen molar-refractivity contribution >= 4 is 29.5 Å². The maximum absolute atomic E-state index is 12.4. The molecule has 0 N–H and O–H groups in total. The number of ether oxygens (including phenoxy) is 1. The van der Waals surface area contributed by atoms with E-state index < -0.39 is 6.10 Å². The molecule has 1 amide bonds. The number of fused-ring (bicyclic) bond motifs is 3. The second kappa shape index (κ2) is 7.33. The molecule has 4 rings (SSSR count). The standard InChI is InChI=1S/C21H19ClN2O2S/c1-23(2)21(25)26-18-16-12-7-13-24(16)17-11-6-10-15(22)20(17)27-19(18)14-8-4-3-5-9-14/h3-13,18-19H,1-2H3. The number of carbonyl (C=O) groups is 1. The van der Waals surface area contributed by atoms with Crippen molar-refractivity contribution in [2.24, 2.45) is 0 Å². The number of hydrogen-bond donors (Lipinski definition) is 0. The van der Waals surface area contributed by atoms with E-state index >= 15 is 0 Å². The van der Waals surface area contributed by atoms with Gasteiger partial charge in [-0.25, -0.2) is 4.79 Å². The van der Waals surface area contributed by atoms with Gasteiger partial charge in [-0.2, -0.15) is 0 Å². The molecule has 2 aromatic carbocycles. The Kier molecular flexibility index (Phi) is 4.89. The van der Waals surface area contributed by atoms with Crippen LogP contribution in [-0.2, 0) is 4.74 Å². The monoisotopic (exact) mass is 398 g/mol. The quantitative estimate of drug-likeness (QED) is 0.553. The van der Waals surface area contributed by atoms with Gasteiger partial charge in [-0.15, -0.1) is 11.8 Å². The summed E-state index contributed by atoms with van der Waals surface area (Å²) in [5.41, 5.74) is 3.00. The molecular weight excluding hydrogens is 380 g/mol. The molecule has 2 unspecified atom stereocenters. The molecule has 3 aromatic rings. The van der Waals surface area contributed by atoms with Crippen LogP contribution in [0.15, 0.2) is 71.8 Å². The van der Waals surface area contributed by atoms with Crippen molar-refractivity contribution in [1.29, 1.82) is 0 Å². The lowest BCUT2D eigenvalue weighted by Crippen LogP contribution is -2.27. The molecule has 138 valence electrons. The van der Waals surface area contributed by atoms with Crippen LogP contribution in [0.3, 0.4) is 0 Å². The van der Waals surface area contributed by atoms with E-state index in [1.165, 1.54) is 4.90 Å². The van der Waals surface area contributed by atoms with Gasteiger partial charge in [0, 0.05) is 20.3 Å². The summed E-state index contributed by atoms with van der Waals surface area (Å²) in [7, 11) is 3.38. The van der Waals surface area contributed by atoms with Crippen molar-refractivity contribution < 1.29 is 9.53 Å². The molecular formula is C21H19ClN2O2S. The zero-order valence-corrected chi connectivity index (χ0v) is 16.6. The average molecular weight is 399 g/mol. The van der Waals surface area contributed by atoms with E-state index in [0.29, 0.717) is 5.02 Å². The second-order valence-electron chi connectivity index (χ2n) is 6.54. The van der Waals surface area contributed by atoms with Crippen LogP contribution in [-0.4, -0.2) is 29.7 Å². The van der Waals surface area contributed by atoms with Crippen molar-refractivity contribution in [2.75, 3.05) is 14.1 Å².